The molecule has 3 N–H and O–H groups in total. The minimum atomic E-state index is 0.199. The molecule has 0 spiro atoms. The first-order valence-electron chi connectivity index (χ1n) is 7.84. The fourth-order valence-electron chi connectivity index (χ4n) is 3.51. The van der Waals surface area contributed by atoms with E-state index in [1.807, 2.05) is 29.1 Å². The third-order valence-corrected chi connectivity index (χ3v) is 4.61. The lowest BCUT2D eigenvalue weighted by atomic mass is 9.77. The Morgan fingerprint density at radius 3 is 2.81 bits per heavy atom. The lowest BCUT2D eigenvalue weighted by Crippen LogP contribution is -2.35. The Kier molecular flexibility index (Phi) is 4.36. The normalized spacial score (nSPS) is 23.9. The van der Waals surface area contributed by atoms with Gasteiger partial charge < -0.3 is 0 Å². The molecule has 1 aromatic carbocycles. The quantitative estimate of drug-likeness (QED) is 0.669. The third-order valence-electron chi connectivity index (χ3n) is 4.61. The molecule has 0 radical (unpaired) electrons. The van der Waals surface area contributed by atoms with Gasteiger partial charge in [0.05, 0.1) is 17.9 Å². The van der Waals surface area contributed by atoms with Crippen LogP contribution in [0.15, 0.2) is 42.7 Å². The van der Waals surface area contributed by atoms with Crippen LogP contribution in [-0.2, 0) is 0 Å². The van der Waals surface area contributed by atoms with Gasteiger partial charge in [-0.2, -0.15) is 5.10 Å². The third kappa shape index (κ3) is 3.17. The highest BCUT2D eigenvalue weighted by molar-refractivity contribution is 5.31. The SMILES string of the molecule is CC1CCCC(C(NN)c2cnn(-c3ccccc3)c2)C1. The molecule has 0 amide bonds. The predicted octanol–water partition coefficient (Wildman–Crippen LogP) is 3.20. The molecule has 2 aromatic rings. The number of rotatable bonds is 4. The minimum absolute atomic E-state index is 0.199. The molecular formula is C17H24N4. The lowest BCUT2D eigenvalue weighted by molar-refractivity contribution is 0.224. The largest absolute Gasteiger partial charge is 0.271 e. The Hall–Kier alpha value is -1.65. The number of hydrogen-bond donors (Lipinski definition) is 2. The van der Waals surface area contributed by atoms with Crippen LogP contribution in [0.2, 0.25) is 0 Å². The summed E-state index contributed by atoms with van der Waals surface area (Å²) in [7, 11) is 0. The summed E-state index contributed by atoms with van der Waals surface area (Å²) in [6, 6.07) is 10.4. The molecule has 3 atom stereocenters. The summed E-state index contributed by atoms with van der Waals surface area (Å²) in [5.41, 5.74) is 5.28. The van der Waals surface area contributed by atoms with Crippen molar-refractivity contribution >= 4 is 0 Å². The number of hydrogen-bond acceptors (Lipinski definition) is 3. The van der Waals surface area contributed by atoms with Gasteiger partial charge in [-0.05, 0) is 36.8 Å². The smallest absolute Gasteiger partial charge is 0.0645 e. The maximum atomic E-state index is 5.84. The van der Waals surface area contributed by atoms with Gasteiger partial charge in [-0.25, -0.2) is 4.68 Å². The molecule has 1 aromatic heterocycles. The van der Waals surface area contributed by atoms with E-state index in [1.54, 1.807) is 0 Å². The van der Waals surface area contributed by atoms with Gasteiger partial charge in [-0.15, -0.1) is 0 Å². The van der Waals surface area contributed by atoms with E-state index in [0.717, 1.165) is 11.6 Å². The van der Waals surface area contributed by atoms with Crippen molar-refractivity contribution in [2.75, 3.05) is 0 Å². The van der Waals surface area contributed by atoms with Crippen molar-refractivity contribution in [2.45, 2.75) is 38.6 Å². The Balaban J connectivity index is 1.80. The van der Waals surface area contributed by atoms with Crippen LogP contribution in [-0.4, -0.2) is 9.78 Å². The van der Waals surface area contributed by atoms with E-state index in [0.29, 0.717) is 5.92 Å². The summed E-state index contributed by atoms with van der Waals surface area (Å²) in [5.74, 6) is 7.24. The molecule has 1 fully saturated rings. The molecule has 0 aliphatic heterocycles. The predicted molar refractivity (Wildman–Crippen MR) is 84.8 cm³/mol. The van der Waals surface area contributed by atoms with Gasteiger partial charge >= 0.3 is 0 Å². The molecule has 21 heavy (non-hydrogen) atoms. The van der Waals surface area contributed by atoms with E-state index in [-0.39, 0.29) is 6.04 Å². The Labute approximate surface area is 126 Å². The molecule has 3 unspecified atom stereocenters. The van der Waals surface area contributed by atoms with Gasteiger partial charge in [-0.1, -0.05) is 38.0 Å². The van der Waals surface area contributed by atoms with E-state index < -0.39 is 0 Å². The summed E-state index contributed by atoms with van der Waals surface area (Å²) in [6.07, 6.45) is 9.17. The Bertz CT molecular complexity index is 563. The van der Waals surface area contributed by atoms with Crippen LogP contribution in [0.5, 0.6) is 0 Å². The van der Waals surface area contributed by atoms with Gasteiger partial charge in [-0.3, -0.25) is 11.3 Å². The highest BCUT2D eigenvalue weighted by Crippen LogP contribution is 2.36. The zero-order valence-corrected chi connectivity index (χ0v) is 12.6. The van der Waals surface area contributed by atoms with Gasteiger partial charge in [0, 0.05) is 11.8 Å². The van der Waals surface area contributed by atoms with Crippen molar-refractivity contribution in [3.63, 3.8) is 0 Å². The van der Waals surface area contributed by atoms with Crippen LogP contribution in [0, 0.1) is 11.8 Å². The average Bonchev–Trinajstić information content (AvgIpc) is 2.99. The molecule has 0 bridgehead atoms. The summed E-state index contributed by atoms with van der Waals surface area (Å²) < 4.78 is 1.92. The zero-order valence-electron chi connectivity index (χ0n) is 12.6. The maximum Gasteiger partial charge on any atom is 0.0645 e. The second-order valence-electron chi connectivity index (χ2n) is 6.23. The molecule has 112 valence electrons. The van der Waals surface area contributed by atoms with Crippen LogP contribution in [0.4, 0.5) is 0 Å². The number of para-hydroxylation sites is 1. The van der Waals surface area contributed by atoms with E-state index in [4.69, 9.17) is 5.84 Å². The van der Waals surface area contributed by atoms with E-state index in [1.165, 1.54) is 31.2 Å². The van der Waals surface area contributed by atoms with Crippen LogP contribution in [0.25, 0.3) is 5.69 Å². The van der Waals surface area contributed by atoms with Gasteiger partial charge in [0.15, 0.2) is 0 Å². The number of hydrazine groups is 1. The Morgan fingerprint density at radius 2 is 2.10 bits per heavy atom. The maximum absolute atomic E-state index is 5.84. The molecule has 1 saturated carbocycles. The first kappa shape index (κ1) is 14.3. The second kappa shape index (κ2) is 6.41. The van der Waals surface area contributed by atoms with Crippen LogP contribution >= 0.6 is 0 Å². The van der Waals surface area contributed by atoms with Crippen molar-refractivity contribution in [1.82, 2.24) is 15.2 Å². The molecule has 3 rings (SSSR count). The Morgan fingerprint density at radius 1 is 1.29 bits per heavy atom. The van der Waals surface area contributed by atoms with E-state index in [9.17, 15) is 0 Å². The summed E-state index contributed by atoms with van der Waals surface area (Å²) in [4.78, 5) is 0. The van der Waals surface area contributed by atoms with E-state index >= 15 is 0 Å². The summed E-state index contributed by atoms with van der Waals surface area (Å²) in [5, 5.41) is 4.49. The summed E-state index contributed by atoms with van der Waals surface area (Å²) >= 11 is 0. The highest BCUT2D eigenvalue weighted by atomic mass is 15.3. The average molecular weight is 284 g/mol. The molecular weight excluding hydrogens is 260 g/mol. The lowest BCUT2D eigenvalue weighted by Gasteiger charge is -2.32. The molecule has 1 heterocycles. The molecule has 1 aliphatic carbocycles. The first-order valence-corrected chi connectivity index (χ1v) is 7.84. The van der Waals surface area contributed by atoms with Crippen LogP contribution in [0.1, 0.15) is 44.2 Å². The molecule has 0 saturated heterocycles. The fourth-order valence-corrected chi connectivity index (χ4v) is 3.51. The number of nitrogens with zero attached hydrogens (tertiary/aromatic N) is 2. The monoisotopic (exact) mass is 284 g/mol. The number of benzene rings is 1. The number of nitrogens with two attached hydrogens (primary N) is 1. The fraction of sp³-hybridized carbons (Fsp3) is 0.471. The molecule has 4 heteroatoms. The molecule has 4 nitrogen and oxygen atoms in total. The highest BCUT2D eigenvalue weighted by Gasteiger charge is 2.28. The van der Waals surface area contributed by atoms with Crippen molar-refractivity contribution in [2.24, 2.45) is 17.7 Å². The van der Waals surface area contributed by atoms with Crippen LogP contribution < -0.4 is 11.3 Å². The standard InChI is InChI=1S/C17H24N4/c1-13-6-5-7-14(10-13)17(20-18)15-11-19-21(12-15)16-8-3-2-4-9-16/h2-4,8-9,11-14,17,20H,5-7,10,18H2,1H3. The first-order chi connectivity index (χ1) is 10.3. The number of aromatic nitrogens is 2. The number of nitrogens with one attached hydrogen (secondary N) is 1. The van der Waals surface area contributed by atoms with Crippen LogP contribution in [0.3, 0.4) is 0 Å². The van der Waals surface area contributed by atoms with Gasteiger partial charge in [0.1, 0.15) is 0 Å². The summed E-state index contributed by atoms with van der Waals surface area (Å²) in [6.45, 7) is 2.34. The van der Waals surface area contributed by atoms with Crippen molar-refractivity contribution in [3.8, 4) is 5.69 Å². The second-order valence-corrected chi connectivity index (χ2v) is 6.23. The van der Waals surface area contributed by atoms with E-state index in [2.05, 4.69) is 35.8 Å². The van der Waals surface area contributed by atoms with Gasteiger partial charge in [0.25, 0.3) is 0 Å². The zero-order chi connectivity index (χ0) is 14.7. The minimum Gasteiger partial charge on any atom is -0.271 e. The topological polar surface area (TPSA) is 55.9 Å². The van der Waals surface area contributed by atoms with Crippen molar-refractivity contribution < 1.29 is 0 Å². The van der Waals surface area contributed by atoms with Crippen molar-refractivity contribution in [3.05, 3.63) is 48.3 Å². The molecule has 1 aliphatic rings. The van der Waals surface area contributed by atoms with Gasteiger partial charge in [0.2, 0.25) is 0 Å². The van der Waals surface area contributed by atoms with Crippen molar-refractivity contribution in [1.29, 1.82) is 0 Å².